The summed E-state index contributed by atoms with van der Waals surface area (Å²) in [6, 6.07) is 16.6. The van der Waals surface area contributed by atoms with Crippen LogP contribution in [0.5, 0.6) is 0 Å². The van der Waals surface area contributed by atoms with Gasteiger partial charge < -0.3 is 0 Å². The Hall–Kier alpha value is -2.70. The van der Waals surface area contributed by atoms with E-state index in [1.807, 2.05) is 27.7 Å². The molecule has 0 saturated heterocycles. The predicted molar refractivity (Wildman–Crippen MR) is 115 cm³/mol. The summed E-state index contributed by atoms with van der Waals surface area (Å²) >= 11 is 0. The first-order valence-electron chi connectivity index (χ1n) is 10.0. The van der Waals surface area contributed by atoms with Crippen LogP contribution in [0, 0.1) is 0 Å². The second-order valence-corrected chi connectivity index (χ2v) is 7.87. The van der Waals surface area contributed by atoms with Gasteiger partial charge in [-0.2, -0.15) is 0 Å². The molecule has 6 nitrogen and oxygen atoms in total. The molecule has 0 aliphatic carbocycles. The molecule has 0 spiro atoms. The highest BCUT2D eigenvalue weighted by molar-refractivity contribution is 5.92. The van der Waals surface area contributed by atoms with Crippen molar-refractivity contribution in [2.24, 2.45) is 0 Å². The first-order chi connectivity index (χ1) is 14.1. The molecular weight excluding hydrogens is 384 g/mol. The maximum Gasteiger partial charge on any atom is 0.386 e. The molecule has 0 saturated carbocycles. The van der Waals surface area contributed by atoms with Crippen LogP contribution in [0.15, 0.2) is 60.7 Å². The normalized spacial score (nSPS) is 11.1. The molecule has 0 amide bonds. The molecule has 30 heavy (non-hydrogen) atoms. The van der Waals surface area contributed by atoms with Gasteiger partial charge in [0.1, 0.15) is 0 Å². The fraction of sp³-hybridized carbons (Fsp3) is 0.417. The van der Waals surface area contributed by atoms with E-state index >= 15 is 0 Å². The Bertz CT molecular complexity index is 701. The maximum atomic E-state index is 11.5. The lowest BCUT2D eigenvalue weighted by atomic mass is 10.1. The van der Waals surface area contributed by atoms with E-state index < -0.39 is 11.9 Å². The van der Waals surface area contributed by atoms with E-state index in [9.17, 15) is 9.59 Å². The summed E-state index contributed by atoms with van der Waals surface area (Å²) in [4.78, 5) is 42.5. The fourth-order valence-electron chi connectivity index (χ4n) is 1.66. The van der Waals surface area contributed by atoms with E-state index in [0.29, 0.717) is 11.1 Å². The minimum absolute atomic E-state index is 0.174. The minimum atomic E-state index is -0.708. The van der Waals surface area contributed by atoms with Crippen LogP contribution in [-0.2, 0) is 19.6 Å². The number of hydrogen-bond acceptors (Lipinski definition) is 6. The maximum absolute atomic E-state index is 11.5. The average molecular weight is 417 g/mol. The Morgan fingerprint density at radius 3 is 1.20 bits per heavy atom. The lowest BCUT2D eigenvalue weighted by Crippen LogP contribution is -2.31. The highest BCUT2D eigenvalue weighted by atomic mass is 17.2. The van der Waals surface area contributed by atoms with Crippen LogP contribution < -0.4 is 0 Å². The van der Waals surface area contributed by atoms with E-state index in [-0.39, 0.29) is 11.2 Å². The van der Waals surface area contributed by atoms with Crippen LogP contribution in [-0.4, -0.2) is 23.1 Å². The standard InChI is InChI=1S/C14H10O4.C10H22O2/c15-13(11-7-3-1-4-8-11)17-18-14(16)12-9-5-2-6-10-12;1-7-9(3,4)11-12-10(5,6)8-2/h1-10H;7-8H2,1-6H3. The van der Waals surface area contributed by atoms with Gasteiger partial charge in [0, 0.05) is 0 Å². The topological polar surface area (TPSA) is 71.1 Å². The molecule has 0 heterocycles. The number of benzene rings is 2. The van der Waals surface area contributed by atoms with Crippen molar-refractivity contribution in [3.05, 3.63) is 71.8 Å². The second kappa shape index (κ2) is 12.1. The van der Waals surface area contributed by atoms with Crippen LogP contribution in [0.4, 0.5) is 0 Å². The molecule has 0 bridgehead atoms. The lowest BCUT2D eigenvalue weighted by molar-refractivity contribution is -0.401. The summed E-state index contributed by atoms with van der Waals surface area (Å²) in [5.41, 5.74) is 0.288. The Kier molecular flexibility index (Phi) is 10.2. The summed E-state index contributed by atoms with van der Waals surface area (Å²) < 4.78 is 0. The third-order valence-electron chi connectivity index (χ3n) is 4.41. The van der Waals surface area contributed by atoms with Crippen molar-refractivity contribution >= 4 is 11.9 Å². The molecule has 164 valence electrons. The highest BCUT2D eigenvalue weighted by Gasteiger charge is 2.23. The quantitative estimate of drug-likeness (QED) is 0.412. The monoisotopic (exact) mass is 416 g/mol. The number of carbonyl (C=O) groups is 2. The van der Waals surface area contributed by atoms with Gasteiger partial charge in [0.2, 0.25) is 0 Å². The molecule has 0 unspecified atom stereocenters. The summed E-state index contributed by atoms with van der Waals surface area (Å²) in [7, 11) is 0. The van der Waals surface area contributed by atoms with Gasteiger partial charge in [0.15, 0.2) is 0 Å². The second-order valence-electron chi connectivity index (χ2n) is 7.87. The third-order valence-corrected chi connectivity index (χ3v) is 4.41. The molecule has 0 aliphatic heterocycles. The number of carbonyl (C=O) groups excluding carboxylic acids is 2. The summed E-state index contributed by atoms with van der Waals surface area (Å²) in [6.07, 6.45) is 1.90. The van der Waals surface area contributed by atoms with Gasteiger partial charge in [-0.25, -0.2) is 29.1 Å². The molecule has 0 atom stereocenters. The van der Waals surface area contributed by atoms with Crippen molar-refractivity contribution < 1.29 is 29.1 Å². The van der Waals surface area contributed by atoms with Gasteiger partial charge in [0.25, 0.3) is 0 Å². The zero-order valence-corrected chi connectivity index (χ0v) is 18.6. The van der Waals surface area contributed by atoms with Gasteiger partial charge in [-0.05, 0) is 64.8 Å². The molecule has 0 fully saturated rings. The molecule has 0 N–H and O–H groups in total. The van der Waals surface area contributed by atoms with Crippen molar-refractivity contribution in [1.82, 2.24) is 0 Å². The fourth-order valence-corrected chi connectivity index (χ4v) is 1.66. The first kappa shape index (κ1) is 25.3. The van der Waals surface area contributed by atoms with E-state index in [2.05, 4.69) is 23.6 Å². The zero-order chi connectivity index (χ0) is 22.6. The Morgan fingerprint density at radius 1 is 0.633 bits per heavy atom. The molecule has 0 radical (unpaired) electrons. The number of hydrogen-bond donors (Lipinski definition) is 0. The third kappa shape index (κ3) is 9.67. The molecule has 2 aromatic carbocycles. The molecule has 6 heteroatoms. The molecule has 0 aliphatic rings. The first-order valence-corrected chi connectivity index (χ1v) is 10.0. The summed E-state index contributed by atoms with van der Waals surface area (Å²) in [5.74, 6) is -1.42. The van der Waals surface area contributed by atoms with Crippen LogP contribution in [0.25, 0.3) is 0 Å². The van der Waals surface area contributed by atoms with Crippen molar-refractivity contribution in [2.45, 2.75) is 65.6 Å². The van der Waals surface area contributed by atoms with Crippen LogP contribution in [0.2, 0.25) is 0 Å². The highest BCUT2D eigenvalue weighted by Crippen LogP contribution is 2.21. The van der Waals surface area contributed by atoms with Crippen molar-refractivity contribution in [3.8, 4) is 0 Å². The van der Waals surface area contributed by atoms with E-state index in [1.165, 1.54) is 0 Å². The van der Waals surface area contributed by atoms with E-state index in [4.69, 9.17) is 9.78 Å². The molecule has 2 rings (SSSR count). The van der Waals surface area contributed by atoms with Gasteiger partial charge >= 0.3 is 11.9 Å². The van der Waals surface area contributed by atoms with Gasteiger partial charge in [-0.3, -0.25) is 0 Å². The Labute approximate surface area is 179 Å². The molecule has 2 aromatic rings. The van der Waals surface area contributed by atoms with E-state index in [0.717, 1.165) is 12.8 Å². The van der Waals surface area contributed by atoms with Crippen LogP contribution in [0.3, 0.4) is 0 Å². The van der Waals surface area contributed by atoms with Gasteiger partial charge in [-0.15, -0.1) is 0 Å². The largest absolute Gasteiger partial charge is 0.386 e. The van der Waals surface area contributed by atoms with Crippen molar-refractivity contribution in [2.75, 3.05) is 0 Å². The van der Waals surface area contributed by atoms with Crippen LogP contribution in [0.1, 0.15) is 75.1 Å². The minimum Gasteiger partial charge on any atom is -0.242 e. The lowest BCUT2D eigenvalue weighted by Gasteiger charge is -2.29. The molecule has 0 aromatic heterocycles. The summed E-state index contributed by atoms with van der Waals surface area (Å²) in [6.45, 7) is 12.3. The molecular formula is C24H32O6. The smallest absolute Gasteiger partial charge is 0.242 e. The Balaban J connectivity index is 0.000000329. The average Bonchev–Trinajstić information content (AvgIpc) is 2.77. The predicted octanol–water partition coefficient (Wildman–Crippen LogP) is 5.93. The number of rotatable bonds is 7. The van der Waals surface area contributed by atoms with Gasteiger partial charge in [-0.1, -0.05) is 50.2 Å². The van der Waals surface area contributed by atoms with Crippen molar-refractivity contribution in [3.63, 3.8) is 0 Å². The summed E-state index contributed by atoms with van der Waals surface area (Å²) in [5, 5.41) is 0. The van der Waals surface area contributed by atoms with Crippen LogP contribution >= 0.6 is 0 Å². The van der Waals surface area contributed by atoms with E-state index in [1.54, 1.807) is 60.7 Å². The zero-order valence-electron chi connectivity index (χ0n) is 18.6. The van der Waals surface area contributed by atoms with Gasteiger partial charge in [0.05, 0.1) is 22.3 Å². The Morgan fingerprint density at radius 2 is 0.933 bits per heavy atom. The SMILES string of the molecule is CCC(C)(C)OOC(C)(C)CC.O=C(OOC(=O)c1ccccc1)c1ccccc1. The van der Waals surface area contributed by atoms with Crippen molar-refractivity contribution in [1.29, 1.82) is 0 Å².